The molecule has 0 aromatic carbocycles. The van der Waals surface area contributed by atoms with Crippen LogP contribution in [0.4, 0.5) is 0 Å². The lowest BCUT2D eigenvalue weighted by Crippen LogP contribution is -2.46. The topological polar surface area (TPSA) is 38.3 Å². The van der Waals surface area contributed by atoms with Crippen molar-refractivity contribution in [2.24, 2.45) is 0 Å². The standard InChI is InChI=1S/C11H21NO2/c1-8(12-9-6-5-7-9)10(13)14-11(2,3)4/h8-9,12H,5-7H2,1-4H3/t8-/m0/s1. The number of rotatable bonds is 3. The van der Waals surface area contributed by atoms with Gasteiger partial charge in [-0.2, -0.15) is 0 Å². The van der Waals surface area contributed by atoms with Crippen molar-refractivity contribution in [2.75, 3.05) is 0 Å². The summed E-state index contributed by atoms with van der Waals surface area (Å²) in [5.41, 5.74) is -0.382. The Morgan fingerprint density at radius 2 is 2.00 bits per heavy atom. The van der Waals surface area contributed by atoms with E-state index in [1.807, 2.05) is 27.7 Å². The monoisotopic (exact) mass is 199 g/mol. The lowest BCUT2D eigenvalue weighted by atomic mass is 9.92. The second-order valence-corrected chi connectivity index (χ2v) is 5.05. The molecule has 1 fully saturated rings. The normalized spacial score (nSPS) is 20.0. The zero-order chi connectivity index (χ0) is 10.8. The first-order valence-corrected chi connectivity index (χ1v) is 5.37. The Balaban J connectivity index is 2.28. The van der Waals surface area contributed by atoms with Gasteiger partial charge >= 0.3 is 5.97 Å². The summed E-state index contributed by atoms with van der Waals surface area (Å²) >= 11 is 0. The third-order valence-corrected chi connectivity index (χ3v) is 2.35. The number of carbonyl (C=O) groups excluding carboxylic acids is 1. The van der Waals surface area contributed by atoms with E-state index in [-0.39, 0.29) is 17.6 Å². The maximum Gasteiger partial charge on any atom is 0.323 e. The van der Waals surface area contributed by atoms with Crippen LogP contribution in [0.2, 0.25) is 0 Å². The summed E-state index contributed by atoms with van der Waals surface area (Å²) in [4.78, 5) is 11.5. The van der Waals surface area contributed by atoms with E-state index in [4.69, 9.17) is 4.74 Å². The third-order valence-electron chi connectivity index (χ3n) is 2.35. The highest BCUT2D eigenvalue weighted by Crippen LogP contribution is 2.19. The maximum atomic E-state index is 11.5. The van der Waals surface area contributed by atoms with E-state index in [1.54, 1.807) is 0 Å². The van der Waals surface area contributed by atoms with Crippen LogP contribution in [-0.4, -0.2) is 23.7 Å². The average molecular weight is 199 g/mol. The van der Waals surface area contributed by atoms with Gasteiger partial charge in [0, 0.05) is 6.04 Å². The summed E-state index contributed by atoms with van der Waals surface area (Å²) in [7, 11) is 0. The predicted molar refractivity (Wildman–Crippen MR) is 56.1 cm³/mol. The molecule has 3 heteroatoms. The van der Waals surface area contributed by atoms with E-state index in [1.165, 1.54) is 19.3 Å². The number of ether oxygens (including phenoxy) is 1. The Kier molecular flexibility index (Phi) is 3.53. The summed E-state index contributed by atoms with van der Waals surface area (Å²) in [6.45, 7) is 7.54. The molecule has 3 nitrogen and oxygen atoms in total. The van der Waals surface area contributed by atoms with Gasteiger partial charge in [0.15, 0.2) is 0 Å². The quantitative estimate of drug-likeness (QED) is 0.705. The van der Waals surface area contributed by atoms with Crippen molar-refractivity contribution in [3.8, 4) is 0 Å². The first-order chi connectivity index (χ1) is 6.38. The number of esters is 1. The summed E-state index contributed by atoms with van der Waals surface area (Å²) in [6.07, 6.45) is 3.65. The van der Waals surface area contributed by atoms with Gasteiger partial charge in [0.1, 0.15) is 11.6 Å². The Labute approximate surface area is 86.2 Å². The fourth-order valence-electron chi connectivity index (χ4n) is 1.39. The number of nitrogens with one attached hydrogen (secondary N) is 1. The van der Waals surface area contributed by atoms with Gasteiger partial charge in [0.2, 0.25) is 0 Å². The summed E-state index contributed by atoms with van der Waals surface area (Å²) in [6, 6.07) is 0.344. The van der Waals surface area contributed by atoms with Gasteiger partial charge in [0.25, 0.3) is 0 Å². The average Bonchev–Trinajstić information content (AvgIpc) is 1.92. The molecule has 0 radical (unpaired) electrons. The van der Waals surface area contributed by atoms with Crippen LogP contribution < -0.4 is 5.32 Å². The molecule has 1 atom stereocenters. The van der Waals surface area contributed by atoms with Gasteiger partial charge < -0.3 is 10.1 Å². The van der Waals surface area contributed by atoms with Crippen LogP contribution in [0.1, 0.15) is 47.0 Å². The maximum absolute atomic E-state index is 11.5. The van der Waals surface area contributed by atoms with Gasteiger partial charge in [0.05, 0.1) is 0 Å². The molecule has 0 amide bonds. The number of hydrogen-bond donors (Lipinski definition) is 1. The van der Waals surface area contributed by atoms with Crippen molar-refractivity contribution in [1.82, 2.24) is 5.32 Å². The molecule has 1 N–H and O–H groups in total. The Bertz CT molecular complexity index is 204. The minimum atomic E-state index is -0.382. The SMILES string of the molecule is C[C@H](NC1CCC1)C(=O)OC(C)(C)C. The summed E-state index contributed by atoms with van der Waals surface area (Å²) in [5.74, 6) is -0.149. The predicted octanol–water partition coefficient (Wildman–Crippen LogP) is 1.86. The van der Waals surface area contributed by atoms with E-state index in [0.29, 0.717) is 6.04 Å². The lowest BCUT2D eigenvalue weighted by molar-refractivity contribution is -0.157. The molecule has 0 aromatic heterocycles. The highest BCUT2D eigenvalue weighted by atomic mass is 16.6. The van der Waals surface area contributed by atoms with E-state index in [2.05, 4.69) is 5.32 Å². The molecule has 0 aliphatic heterocycles. The number of hydrogen-bond acceptors (Lipinski definition) is 3. The molecule has 0 heterocycles. The summed E-state index contributed by atoms with van der Waals surface area (Å²) < 4.78 is 5.27. The molecule has 14 heavy (non-hydrogen) atoms. The molecule has 0 bridgehead atoms. The van der Waals surface area contributed by atoms with E-state index >= 15 is 0 Å². The zero-order valence-electron chi connectivity index (χ0n) is 9.59. The summed E-state index contributed by atoms with van der Waals surface area (Å²) in [5, 5.41) is 3.26. The van der Waals surface area contributed by atoms with Gasteiger partial charge in [-0.1, -0.05) is 6.42 Å². The first kappa shape index (κ1) is 11.5. The molecule has 0 spiro atoms. The van der Waals surface area contributed by atoms with Crippen LogP contribution in [0, 0.1) is 0 Å². The van der Waals surface area contributed by atoms with Crippen LogP contribution in [0.3, 0.4) is 0 Å². The van der Waals surface area contributed by atoms with E-state index in [9.17, 15) is 4.79 Å². The van der Waals surface area contributed by atoms with Crippen molar-refractivity contribution in [1.29, 1.82) is 0 Å². The molecule has 1 aliphatic carbocycles. The largest absolute Gasteiger partial charge is 0.459 e. The minimum absolute atomic E-state index is 0.149. The smallest absolute Gasteiger partial charge is 0.323 e. The van der Waals surface area contributed by atoms with Crippen LogP contribution in [0.25, 0.3) is 0 Å². The Morgan fingerprint density at radius 3 is 2.36 bits per heavy atom. The van der Waals surface area contributed by atoms with Crippen molar-refractivity contribution in [3.05, 3.63) is 0 Å². The minimum Gasteiger partial charge on any atom is -0.459 e. The highest BCUT2D eigenvalue weighted by Gasteiger charge is 2.25. The molecular formula is C11H21NO2. The molecule has 1 saturated carbocycles. The third kappa shape index (κ3) is 3.66. The van der Waals surface area contributed by atoms with Gasteiger partial charge in [-0.25, -0.2) is 0 Å². The Morgan fingerprint density at radius 1 is 1.43 bits per heavy atom. The van der Waals surface area contributed by atoms with Crippen LogP contribution in [0.5, 0.6) is 0 Å². The molecule has 0 saturated heterocycles. The lowest BCUT2D eigenvalue weighted by Gasteiger charge is -2.30. The van der Waals surface area contributed by atoms with Crippen molar-refractivity contribution in [3.63, 3.8) is 0 Å². The van der Waals surface area contributed by atoms with Crippen LogP contribution >= 0.6 is 0 Å². The first-order valence-electron chi connectivity index (χ1n) is 5.37. The molecule has 0 aromatic rings. The van der Waals surface area contributed by atoms with Crippen LogP contribution in [0.15, 0.2) is 0 Å². The van der Waals surface area contributed by atoms with Crippen molar-refractivity contribution >= 4 is 5.97 Å². The fourth-order valence-corrected chi connectivity index (χ4v) is 1.39. The zero-order valence-corrected chi connectivity index (χ0v) is 9.59. The highest BCUT2D eigenvalue weighted by molar-refractivity contribution is 5.75. The van der Waals surface area contributed by atoms with Crippen LogP contribution in [-0.2, 0) is 9.53 Å². The molecule has 1 rings (SSSR count). The second-order valence-electron chi connectivity index (χ2n) is 5.05. The van der Waals surface area contributed by atoms with E-state index in [0.717, 1.165) is 0 Å². The Hall–Kier alpha value is -0.570. The molecular weight excluding hydrogens is 178 g/mol. The van der Waals surface area contributed by atoms with Gasteiger partial charge in [-0.05, 0) is 40.5 Å². The molecule has 1 aliphatic rings. The van der Waals surface area contributed by atoms with Crippen molar-refractivity contribution < 1.29 is 9.53 Å². The van der Waals surface area contributed by atoms with Gasteiger partial charge in [-0.15, -0.1) is 0 Å². The number of carbonyl (C=O) groups is 1. The van der Waals surface area contributed by atoms with Gasteiger partial charge in [-0.3, -0.25) is 4.79 Å². The molecule has 82 valence electrons. The van der Waals surface area contributed by atoms with Crippen molar-refractivity contribution in [2.45, 2.75) is 64.6 Å². The van der Waals surface area contributed by atoms with E-state index < -0.39 is 0 Å². The fraction of sp³-hybridized carbons (Fsp3) is 0.909. The second kappa shape index (κ2) is 4.30. The molecule has 0 unspecified atom stereocenters.